The third-order valence-corrected chi connectivity index (χ3v) is 4.59. The zero-order valence-corrected chi connectivity index (χ0v) is 16.9. The number of nitrogens with two attached hydrogens (primary N) is 1. The lowest BCUT2D eigenvalue weighted by molar-refractivity contribution is -0.121. The molecule has 2 heterocycles. The second-order valence-corrected chi connectivity index (χ2v) is 6.92. The Labute approximate surface area is 170 Å². The summed E-state index contributed by atoms with van der Waals surface area (Å²) in [5, 5.41) is 7.04. The molecule has 28 heavy (non-hydrogen) atoms. The summed E-state index contributed by atoms with van der Waals surface area (Å²) in [7, 11) is 0. The molecular weight excluding hydrogens is 378 g/mol. The van der Waals surface area contributed by atoms with Crippen molar-refractivity contribution in [1.29, 1.82) is 0 Å². The lowest BCUT2D eigenvalue weighted by Gasteiger charge is -2.14. The monoisotopic (exact) mass is 403 g/mol. The molecule has 0 aliphatic rings. The first kappa shape index (κ1) is 21.7. The molecule has 1 amide bonds. The summed E-state index contributed by atoms with van der Waals surface area (Å²) in [6.45, 7) is 4.86. The highest BCUT2D eigenvalue weighted by Gasteiger charge is 2.11. The van der Waals surface area contributed by atoms with Crippen molar-refractivity contribution in [3.05, 3.63) is 70.3 Å². The second kappa shape index (κ2) is 9.52. The highest BCUT2D eigenvalue weighted by molar-refractivity contribution is 5.85. The van der Waals surface area contributed by atoms with E-state index in [0.29, 0.717) is 18.1 Å². The molecule has 7 nitrogen and oxygen atoms in total. The van der Waals surface area contributed by atoms with Crippen molar-refractivity contribution in [1.82, 2.24) is 19.5 Å². The summed E-state index contributed by atoms with van der Waals surface area (Å²) < 4.78 is 2.76. The molecule has 1 unspecified atom stereocenters. The largest absolute Gasteiger partial charge is 0.354 e. The first-order chi connectivity index (χ1) is 13.0. The van der Waals surface area contributed by atoms with E-state index in [2.05, 4.69) is 36.4 Å². The van der Waals surface area contributed by atoms with E-state index in [4.69, 9.17) is 5.73 Å². The van der Waals surface area contributed by atoms with E-state index < -0.39 is 0 Å². The van der Waals surface area contributed by atoms with Crippen molar-refractivity contribution in [2.75, 3.05) is 6.54 Å². The van der Waals surface area contributed by atoms with Gasteiger partial charge in [-0.1, -0.05) is 44.2 Å². The van der Waals surface area contributed by atoms with Crippen LogP contribution in [0.4, 0.5) is 0 Å². The molecule has 8 heteroatoms. The molecular formula is C20H26ClN5O2. The Kier molecular flexibility index (Phi) is 7.37. The van der Waals surface area contributed by atoms with Crippen molar-refractivity contribution in [2.24, 2.45) is 5.73 Å². The molecule has 3 aromatic rings. The van der Waals surface area contributed by atoms with E-state index in [1.54, 1.807) is 18.3 Å². The van der Waals surface area contributed by atoms with Crippen molar-refractivity contribution in [3.8, 4) is 0 Å². The Morgan fingerprint density at radius 1 is 1.14 bits per heavy atom. The molecule has 150 valence electrons. The van der Waals surface area contributed by atoms with Crippen LogP contribution in [0.2, 0.25) is 0 Å². The molecule has 0 radical (unpaired) electrons. The van der Waals surface area contributed by atoms with Crippen LogP contribution in [0.15, 0.2) is 53.5 Å². The van der Waals surface area contributed by atoms with Crippen LogP contribution in [0.3, 0.4) is 0 Å². The molecule has 0 spiro atoms. The summed E-state index contributed by atoms with van der Waals surface area (Å²) in [6, 6.07) is 13.2. The number of nitrogens with one attached hydrogen (secondary N) is 1. The zero-order chi connectivity index (χ0) is 19.4. The summed E-state index contributed by atoms with van der Waals surface area (Å²) >= 11 is 0. The highest BCUT2D eigenvalue weighted by atomic mass is 35.5. The van der Waals surface area contributed by atoms with Gasteiger partial charge in [-0.3, -0.25) is 9.20 Å². The molecule has 3 rings (SSSR count). The number of nitrogens with zero attached hydrogens (tertiary/aromatic N) is 3. The molecule has 0 bridgehead atoms. The molecule has 1 aromatic carbocycles. The lowest BCUT2D eigenvalue weighted by Crippen LogP contribution is -2.33. The number of halogens is 1. The molecule has 0 aliphatic heterocycles. The standard InChI is InChI=1S/C20H25N5O2.ClH/c1-14(2)15-6-8-16(9-7-15)17(21)13-22-19(26)10-12-25-20(27)24-11-4-3-5-18(24)23-25;/h3-9,11,14,17H,10,12-13,21H2,1-2H3,(H,22,26);1H. The van der Waals surface area contributed by atoms with Gasteiger partial charge in [0.15, 0.2) is 5.65 Å². The van der Waals surface area contributed by atoms with Crippen LogP contribution in [-0.4, -0.2) is 26.6 Å². The van der Waals surface area contributed by atoms with Crippen LogP contribution in [0, 0.1) is 0 Å². The fourth-order valence-corrected chi connectivity index (χ4v) is 2.88. The Morgan fingerprint density at radius 3 is 2.46 bits per heavy atom. The number of benzene rings is 1. The smallest absolute Gasteiger partial charge is 0.350 e. The zero-order valence-electron chi connectivity index (χ0n) is 16.0. The molecule has 0 fully saturated rings. The summed E-state index contributed by atoms with van der Waals surface area (Å²) in [4.78, 5) is 24.3. The molecule has 0 saturated heterocycles. The van der Waals surface area contributed by atoms with E-state index in [9.17, 15) is 9.59 Å². The minimum absolute atomic E-state index is 0. The van der Waals surface area contributed by atoms with Crippen LogP contribution in [0.5, 0.6) is 0 Å². The number of hydrogen-bond donors (Lipinski definition) is 2. The summed E-state index contributed by atoms with van der Waals surface area (Å²) in [5.74, 6) is 0.311. The number of carbonyl (C=O) groups excluding carboxylic acids is 1. The third-order valence-electron chi connectivity index (χ3n) is 4.59. The fraction of sp³-hybridized carbons (Fsp3) is 0.350. The van der Waals surface area contributed by atoms with Gasteiger partial charge in [-0.25, -0.2) is 9.48 Å². The molecule has 2 aromatic heterocycles. The minimum Gasteiger partial charge on any atom is -0.354 e. The first-order valence-corrected chi connectivity index (χ1v) is 9.12. The number of carbonyl (C=O) groups is 1. The molecule has 1 atom stereocenters. The van der Waals surface area contributed by atoms with Gasteiger partial charge in [0.1, 0.15) is 0 Å². The average Bonchev–Trinajstić information content (AvgIpc) is 3.00. The van der Waals surface area contributed by atoms with Gasteiger partial charge in [0.25, 0.3) is 0 Å². The maximum atomic E-state index is 12.2. The van der Waals surface area contributed by atoms with Gasteiger partial charge in [-0.05, 0) is 29.2 Å². The Morgan fingerprint density at radius 2 is 1.82 bits per heavy atom. The summed E-state index contributed by atoms with van der Waals surface area (Å²) in [5.41, 5.74) is 8.72. The van der Waals surface area contributed by atoms with Crippen LogP contribution < -0.4 is 16.7 Å². The normalized spacial score (nSPS) is 12.0. The Bertz CT molecular complexity index is 978. The Hall–Kier alpha value is -2.64. The number of rotatable bonds is 7. The van der Waals surface area contributed by atoms with Crippen molar-refractivity contribution < 1.29 is 4.79 Å². The second-order valence-electron chi connectivity index (χ2n) is 6.92. The van der Waals surface area contributed by atoms with Crippen molar-refractivity contribution >= 4 is 24.0 Å². The van der Waals surface area contributed by atoms with E-state index in [1.165, 1.54) is 14.6 Å². The van der Waals surface area contributed by atoms with E-state index in [1.807, 2.05) is 18.2 Å². The van der Waals surface area contributed by atoms with Crippen LogP contribution in [0.25, 0.3) is 5.65 Å². The lowest BCUT2D eigenvalue weighted by atomic mass is 9.99. The molecule has 0 saturated carbocycles. The predicted octanol–water partition coefficient (Wildman–Crippen LogP) is 2.25. The maximum absolute atomic E-state index is 12.2. The van der Waals surface area contributed by atoms with Crippen LogP contribution >= 0.6 is 12.4 Å². The highest BCUT2D eigenvalue weighted by Crippen LogP contribution is 2.17. The molecule has 0 aliphatic carbocycles. The minimum atomic E-state index is -0.270. The van der Waals surface area contributed by atoms with Gasteiger partial charge in [0, 0.05) is 25.2 Å². The first-order valence-electron chi connectivity index (χ1n) is 9.12. The average molecular weight is 404 g/mol. The summed E-state index contributed by atoms with van der Waals surface area (Å²) in [6.07, 6.45) is 1.83. The van der Waals surface area contributed by atoms with Gasteiger partial charge in [0.2, 0.25) is 5.91 Å². The van der Waals surface area contributed by atoms with Gasteiger partial charge in [0.05, 0.1) is 6.54 Å². The van der Waals surface area contributed by atoms with E-state index >= 15 is 0 Å². The topological polar surface area (TPSA) is 94.4 Å². The number of hydrogen-bond acceptors (Lipinski definition) is 4. The number of fused-ring (bicyclic) bond motifs is 1. The number of aromatic nitrogens is 3. The third kappa shape index (κ3) is 4.99. The van der Waals surface area contributed by atoms with Crippen LogP contribution in [-0.2, 0) is 11.3 Å². The molecule has 3 N–H and O–H groups in total. The van der Waals surface area contributed by atoms with Crippen molar-refractivity contribution in [3.63, 3.8) is 0 Å². The van der Waals surface area contributed by atoms with E-state index in [0.717, 1.165) is 5.56 Å². The van der Waals surface area contributed by atoms with Gasteiger partial charge in [-0.2, -0.15) is 0 Å². The SMILES string of the molecule is CC(C)c1ccc(C(N)CNC(=O)CCn2nc3ccccn3c2=O)cc1.Cl. The van der Waals surface area contributed by atoms with Gasteiger partial charge in [-0.15, -0.1) is 17.5 Å². The number of aryl methyl sites for hydroxylation is 1. The predicted molar refractivity (Wildman–Crippen MR) is 112 cm³/mol. The van der Waals surface area contributed by atoms with Gasteiger partial charge < -0.3 is 11.1 Å². The maximum Gasteiger partial charge on any atom is 0.350 e. The Balaban J connectivity index is 0.00000280. The quantitative estimate of drug-likeness (QED) is 0.632. The van der Waals surface area contributed by atoms with Gasteiger partial charge >= 0.3 is 5.69 Å². The van der Waals surface area contributed by atoms with E-state index in [-0.39, 0.29) is 43.0 Å². The number of amides is 1. The fourth-order valence-electron chi connectivity index (χ4n) is 2.88. The van der Waals surface area contributed by atoms with Crippen LogP contribution in [0.1, 0.15) is 43.4 Å². The number of pyridine rings is 1. The van der Waals surface area contributed by atoms with Crippen molar-refractivity contribution in [2.45, 2.75) is 38.8 Å².